The fourth-order valence-corrected chi connectivity index (χ4v) is 1.42. The standard InChI is InChI=1S/C12H16FNO/c1-9-5-6-11(13)10(8-9)12(15)4-2-3-7-14/h5-6,8H,2-4,7,14H2,1H3. The Morgan fingerprint density at radius 1 is 1.40 bits per heavy atom. The minimum atomic E-state index is -0.432. The van der Waals surface area contributed by atoms with Crippen molar-refractivity contribution in [3.63, 3.8) is 0 Å². The Balaban J connectivity index is 2.68. The quantitative estimate of drug-likeness (QED) is 0.598. The molecule has 1 aromatic carbocycles. The summed E-state index contributed by atoms with van der Waals surface area (Å²) in [5.41, 5.74) is 6.42. The van der Waals surface area contributed by atoms with Crippen molar-refractivity contribution in [2.45, 2.75) is 26.2 Å². The summed E-state index contributed by atoms with van der Waals surface area (Å²) >= 11 is 0. The molecule has 3 heteroatoms. The molecule has 0 aliphatic carbocycles. The monoisotopic (exact) mass is 209 g/mol. The predicted molar refractivity (Wildman–Crippen MR) is 58.4 cm³/mol. The predicted octanol–water partition coefficient (Wildman–Crippen LogP) is 2.45. The molecule has 15 heavy (non-hydrogen) atoms. The van der Waals surface area contributed by atoms with E-state index in [2.05, 4.69) is 0 Å². The van der Waals surface area contributed by atoms with E-state index in [4.69, 9.17) is 5.73 Å². The van der Waals surface area contributed by atoms with E-state index in [0.29, 0.717) is 13.0 Å². The van der Waals surface area contributed by atoms with Crippen molar-refractivity contribution in [3.05, 3.63) is 35.1 Å². The molecule has 0 saturated carbocycles. The molecular weight excluding hydrogens is 193 g/mol. The van der Waals surface area contributed by atoms with Crippen molar-refractivity contribution >= 4 is 5.78 Å². The van der Waals surface area contributed by atoms with E-state index < -0.39 is 5.82 Å². The van der Waals surface area contributed by atoms with Gasteiger partial charge >= 0.3 is 0 Å². The van der Waals surface area contributed by atoms with Gasteiger partial charge in [0.05, 0.1) is 5.56 Å². The van der Waals surface area contributed by atoms with Crippen LogP contribution in [0.3, 0.4) is 0 Å². The zero-order valence-corrected chi connectivity index (χ0v) is 8.92. The van der Waals surface area contributed by atoms with Crippen LogP contribution in [0.15, 0.2) is 18.2 Å². The van der Waals surface area contributed by atoms with Gasteiger partial charge in [-0.2, -0.15) is 0 Å². The number of hydrogen-bond donors (Lipinski definition) is 1. The molecule has 0 heterocycles. The van der Waals surface area contributed by atoms with E-state index in [-0.39, 0.29) is 11.3 Å². The SMILES string of the molecule is Cc1ccc(F)c(C(=O)CCCCN)c1. The normalized spacial score (nSPS) is 10.3. The van der Waals surface area contributed by atoms with E-state index in [1.165, 1.54) is 6.07 Å². The Morgan fingerprint density at radius 3 is 2.80 bits per heavy atom. The summed E-state index contributed by atoms with van der Waals surface area (Å²) in [7, 11) is 0. The highest BCUT2D eigenvalue weighted by Crippen LogP contribution is 2.13. The molecule has 1 aromatic rings. The van der Waals surface area contributed by atoms with Gasteiger partial charge in [-0.1, -0.05) is 11.6 Å². The fourth-order valence-electron chi connectivity index (χ4n) is 1.42. The van der Waals surface area contributed by atoms with Gasteiger partial charge in [-0.05, 0) is 38.4 Å². The first-order chi connectivity index (χ1) is 7.15. The largest absolute Gasteiger partial charge is 0.330 e. The number of unbranched alkanes of at least 4 members (excludes halogenated alkanes) is 1. The highest BCUT2D eigenvalue weighted by molar-refractivity contribution is 5.96. The minimum Gasteiger partial charge on any atom is -0.330 e. The highest BCUT2D eigenvalue weighted by atomic mass is 19.1. The van der Waals surface area contributed by atoms with Crippen LogP contribution in [-0.4, -0.2) is 12.3 Å². The summed E-state index contributed by atoms with van der Waals surface area (Å²) in [6, 6.07) is 4.59. The van der Waals surface area contributed by atoms with Gasteiger partial charge in [0, 0.05) is 6.42 Å². The molecule has 0 aliphatic heterocycles. The number of Topliss-reactive ketones (excluding diaryl/α,β-unsaturated/α-hetero) is 1. The summed E-state index contributed by atoms with van der Waals surface area (Å²) < 4.78 is 13.3. The van der Waals surface area contributed by atoms with Crippen molar-refractivity contribution in [3.8, 4) is 0 Å². The Labute approximate surface area is 89.3 Å². The summed E-state index contributed by atoms with van der Waals surface area (Å²) in [5, 5.41) is 0. The van der Waals surface area contributed by atoms with Crippen LogP contribution < -0.4 is 5.73 Å². The average Bonchev–Trinajstić information content (AvgIpc) is 2.22. The molecule has 2 N–H and O–H groups in total. The lowest BCUT2D eigenvalue weighted by Crippen LogP contribution is -2.05. The van der Waals surface area contributed by atoms with Crippen LogP contribution in [-0.2, 0) is 0 Å². The van der Waals surface area contributed by atoms with E-state index in [9.17, 15) is 9.18 Å². The molecule has 0 unspecified atom stereocenters. The van der Waals surface area contributed by atoms with Gasteiger partial charge in [0.2, 0.25) is 0 Å². The summed E-state index contributed by atoms with van der Waals surface area (Å²) in [6.07, 6.45) is 1.90. The molecular formula is C12H16FNO. The summed E-state index contributed by atoms with van der Waals surface area (Å²) in [6.45, 7) is 2.42. The van der Waals surface area contributed by atoms with E-state index >= 15 is 0 Å². The van der Waals surface area contributed by atoms with Crippen LogP contribution in [0.5, 0.6) is 0 Å². The van der Waals surface area contributed by atoms with Crippen molar-refractivity contribution in [2.75, 3.05) is 6.54 Å². The second-order valence-electron chi connectivity index (χ2n) is 3.65. The van der Waals surface area contributed by atoms with Crippen LogP contribution >= 0.6 is 0 Å². The number of carbonyl (C=O) groups is 1. The van der Waals surface area contributed by atoms with Gasteiger partial charge in [-0.15, -0.1) is 0 Å². The summed E-state index contributed by atoms with van der Waals surface area (Å²) in [5.74, 6) is -0.567. The lowest BCUT2D eigenvalue weighted by molar-refractivity contribution is 0.0975. The van der Waals surface area contributed by atoms with Crippen molar-refractivity contribution in [1.82, 2.24) is 0 Å². The van der Waals surface area contributed by atoms with Crippen LogP contribution in [0, 0.1) is 12.7 Å². The van der Waals surface area contributed by atoms with Crippen LogP contribution in [0.25, 0.3) is 0 Å². The number of aryl methyl sites for hydroxylation is 1. The first-order valence-electron chi connectivity index (χ1n) is 5.14. The second kappa shape index (κ2) is 5.61. The molecule has 0 bridgehead atoms. The molecule has 1 rings (SSSR count). The fraction of sp³-hybridized carbons (Fsp3) is 0.417. The maximum Gasteiger partial charge on any atom is 0.165 e. The molecule has 0 radical (unpaired) electrons. The molecule has 0 spiro atoms. The molecule has 0 atom stereocenters. The van der Waals surface area contributed by atoms with Crippen LogP contribution in [0.2, 0.25) is 0 Å². The van der Waals surface area contributed by atoms with Gasteiger partial charge in [-0.3, -0.25) is 4.79 Å². The van der Waals surface area contributed by atoms with Crippen molar-refractivity contribution in [1.29, 1.82) is 0 Å². The Morgan fingerprint density at radius 2 is 2.13 bits per heavy atom. The minimum absolute atomic E-state index is 0.135. The zero-order valence-electron chi connectivity index (χ0n) is 8.92. The van der Waals surface area contributed by atoms with Gasteiger partial charge in [0.25, 0.3) is 0 Å². The van der Waals surface area contributed by atoms with E-state index in [1.807, 2.05) is 6.92 Å². The maximum atomic E-state index is 13.3. The van der Waals surface area contributed by atoms with E-state index in [1.54, 1.807) is 12.1 Å². The highest BCUT2D eigenvalue weighted by Gasteiger charge is 2.10. The third-order valence-corrected chi connectivity index (χ3v) is 2.28. The Bertz CT molecular complexity index is 349. The molecule has 0 aliphatic rings. The van der Waals surface area contributed by atoms with E-state index in [0.717, 1.165) is 18.4 Å². The maximum absolute atomic E-state index is 13.3. The number of benzene rings is 1. The second-order valence-corrected chi connectivity index (χ2v) is 3.65. The molecule has 2 nitrogen and oxygen atoms in total. The van der Waals surface area contributed by atoms with Crippen molar-refractivity contribution < 1.29 is 9.18 Å². The average molecular weight is 209 g/mol. The Hall–Kier alpha value is -1.22. The Kier molecular flexibility index (Phi) is 4.43. The lowest BCUT2D eigenvalue weighted by atomic mass is 10.0. The number of halogens is 1. The third-order valence-electron chi connectivity index (χ3n) is 2.28. The van der Waals surface area contributed by atoms with Crippen LogP contribution in [0.1, 0.15) is 35.2 Å². The molecule has 0 amide bonds. The van der Waals surface area contributed by atoms with Gasteiger partial charge in [0.15, 0.2) is 5.78 Å². The third kappa shape index (κ3) is 3.44. The number of rotatable bonds is 5. The summed E-state index contributed by atoms with van der Waals surface area (Å²) in [4.78, 5) is 11.6. The number of nitrogens with two attached hydrogens (primary N) is 1. The number of carbonyl (C=O) groups excluding carboxylic acids is 1. The lowest BCUT2D eigenvalue weighted by Gasteiger charge is -2.03. The van der Waals surface area contributed by atoms with Crippen molar-refractivity contribution in [2.24, 2.45) is 5.73 Å². The number of hydrogen-bond acceptors (Lipinski definition) is 2. The first-order valence-corrected chi connectivity index (χ1v) is 5.14. The smallest absolute Gasteiger partial charge is 0.165 e. The van der Waals surface area contributed by atoms with Gasteiger partial charge < -0.3 is 5.73 Å². The zero-order chi connectivity index (χ0) is 11.3. The molecule has 82 valence electrons. The van der Waals surface area contributed by atoms with Gasteiger partial charge in [0.1, 0.15) is 5.82 Å². The van der Waals surface area contributed by atoms with Crippen LogP contribution in [0.4, 0.5) is 4.39 Å². The number of ketones is 1. The molecule has 0 fully saturated rings. The first kappa shape index (κ1) is 11.9. The molecule has 0 saturated heterocycles. The topological polar surface area (TPSA) is 43.1 Å². The van der Waals surface area contributed by atoms with Gasteiger partial charge in [-0.25, -0.2) is 4.39 Å². The molecule has 0 aromatic heterocycles.